The number of ketones is 1. The van der Waals surface area contributed by atoms with Gasteiger partial charge in [0.25, 0.3) is 0 Å². The number of carbonyl (C=O) groups is 1. The Balaban J connectivity index is 0.000000172. The number of hydrogen-bond acceptors (Lipinski definition) is 9. The van der Waals surface area contributed by atoms with Crippen molar-refractivity contribution in [3.8, 4) is 0 Å². The van der Waals surface area contributed by atoms with Crippen LogP contribution >= 0.6 is 34.3 Å². The van der Waals surface area contributed by atoms with Gasteiger partial charge in [0.2, 0.25) is 5.78 Å². The summed E-state index contributed by atoms with van der Waals surface area (Å²) in [6.45, 7) is 5.57. The molecule has 0 aliphatic carbocycles. The summed E-state index contributed by atoms with van der Waals surface area (Å²) >= 11 is 9.31. The molecule has 0 aliphatic heterocycles. The van der Waals surface area contributed by atoms with E-state index in [1.165, 1.54) is 39.2 Å². The van der Waals surface area contributed by atoms with Crippen molar-refractivity contribution in [3.63, 3.8) is 0 Å². The number of anilines is 2. The molecule has 0 amide bonds. The highest BCUT2D eigenvalue weighted by atomic mass is 35.5. The fourth-order valence-corrected chi connectivity index (χ4v) is 7.31. The number of fused-ring (bicyclic) bond motifs is 2. The topological polar surface area (TPSA) is 124 Å². The van der Waals surface area contributed by atoms with Gasteiger partial charge in [-0.25, -0.2) is 19.9 Å². The van der Waals surface area contributed by atoms with Crippen molar-refractivity contribution in [2.24, 2.45) is 0 Å². The molecular weight excluding hydrogens is 696 g/mol. The molecule has 258 valence electrons. The predicted molar refractivity (Wildman–Crippen MR) is 211 cm³/mol. The van der Waals surface area contributed by atoms with Gasteiger partial charge in [-0.1, -0.05) is 90.0 Å². The van der Waals surface area contributed by atoms with Crippen LogP contribution in [-0.2, 0) is 19.5 Å². The average molecular weight is 733 g/mol. The molecule has 0 saturated carbocycles. The van der Waals surface area contributed by atoms with E-state index in [4.69, 9.17) is 11.6 Å². The number of halogens is 1. The van der Waals surface area contributed by atoms with Crippen molar-refractivity contribution < 1.29 is 4.79 Å². The predicted octanol–water partition coefficient (Wildman–Crippen LogP) is 9.99. The number of benzene rings is 2. The first-order chi connectivity index (χ1) is 24.4. The molecule has 0 atom stereocenters. The Morgan fingerprint density at radius 1 is 0.745 bits per heavy atom. The lowest BCUT2D eigenvalue weighted by Gasteiger charge is -2.03. The molecule has 6 aromatic heterocycles. The normalized spacial score (nSPS) is 10.8. The number of carbonyl (C=O) groups excluding carboxylic acids is 1. The molecule has 0 saturated heterocycles. The molecule has 0 aliphatic rings. The Bertz CT molecular complexity index is 2370. The van der Waals surface area contributed by atoms with E-state index in [0.29, 0.717) is 27.8 Å². The van der Waals surface area contributed by atoms with E-state index in [2.05, 4.69) is 109 Å². The molecule has 2 aromatic carbocycles. The fraction of sp³-hybridized carbons (Fsp3) is 0.154. The molecule has 0 fully saturated rings. The second-order valence-corrected chi connectivity index (χ2v) is 14.2. The smallest absolute Gasteiger partial charge is 0.206 e. The third-order valence-electron chi connectivity index (χ3n) is 8.09. The van der Waals surface area contributed by atoms with Crippen LogP contribution in [0.4, 0.5) is 10.3 Å². The number of pyridine rings is 2. The van der Waals surface area contributed by atoms with Crippen molar-refractivity contribution in [1.29, 1.82) is 0 Å². The highest BCUT2D eigenvalue weighted by molar-refractivity contribution is 7.17. The number of nitrogens with one attached hydrogen (secondary N) is 4. The zero-order chi connectivity index (χ0) is 34.5. The Labute approximate surface area is 309 Å². The minimum Gasteiger partial charge on any atom is -0.357 e. The molecule has 0 bridgehead atoms. The minimum absolute atomic E-state index is 0. The molecule has 8 aromatic rings. The van der Waals surface area contributed by atoms with Gasteiger partial charge < -0.3 is 20.6 Å². The SMILES string of the molecule is C.Cc1ccc(CNc2nc(Cl)c(Cc3c[nH]c4ncccc34)s2)cc1.Cc1ccc(CNc2ncc(C(=O)c3c[nH]c4ncccc34)s2)cc1. The molecule has 9 nitrogen and oxygen atoms in total. The Morgan fingerprint density at radius 2 is 1.33 bits per heavy atom. The maximum absolute atomic E-state index is 12.7. The first-order valence-corrected chi connectivity index (χ1v) is 18.0. The lowest BCUT2D eigenvalue weighted by Crippen LogP contribution is -1.98. The van der Waals surface area contributed by atoms with Crippen LogP contribution in [0.15, 0.2) is 104 Å². The summed E-state index contributed by atoms with van der Waals surface area (Å²) in [5.74, 6) is -0.0415. The zero-order valence-electron chi connectivity index (χ0n) is 27.3. The van der Waals surface area contributed by atoms with Crippen LogP contribution < -0.4 is 10.6 Å². The van der Waals surface area contributed by atoms with Crippen LogP contribution in [0.2, 0.25) is 5.15 Å². The Hall–Kier alpha value is -5.36. The second kappa shape index (κ2) is 16.1. The number of aromatic nitrogens is 6. The lowest BCUT2D eigenvalue weighted by atomic mass is 10.1. The lowest BCUT2D eigenvalue weighted by molar-refractivity contribution is 0.104. The summed E-state index contributed by atoms with van der Waals surface area (Å²) in [7, 11) is 0. The first-order valence-electron chi connectivity index (χ1n) is 16.0. The number of nitrogens with zero attached hydrogens (tertiary/aromatic N) is 4. The number of aryl methyl sites for hydroxylation is 2. The Kier molecular flexibility index (Phi) is 11.2. The fourth-order valence-electron chi connectivity index (χ4n) is 5.35. The van der Waals surface area contributed by atoms with E-state index in [1.54, 1.807) is 36.1 Å². The molecule has 51 heavy (non-hydrogen) atoms. The summed E-state index contributed by atoms with van der Waals surface area (Å²) in [5, 5.41) is 10.7. The van der Waals surface area contributed by atoms with Crippen LogP contribution in [0.1, 0.15) is 55.4 Å². The monoisotopic (exact) mass is 732 g/mol. The molecule has 0 radical (unpaired) electrons. The van der Waals surface area contributed by atoms with Crippen molar-refractivity contribution in [1.82, 2.24) is 29.9 Å². The highest BCUT2D eigenvalue weighted by Crippen LogP contribution is 2.31. The van der Waals surface area contributed by atoms with Gasteiger partial charge in [-0.3, -0.25) is 4.79 Å². The summed E-state index contributed by atoms with van der Waals surface area (Å²) < 4.78 is 0. The van der Waals surface area contributed by atoms with Gasteiger partial charge in [-0.15, -0.1) is 11.3 Å². The summed E-state index contributed by atoms with van der Waals surface area (Å²) in [6, 6.07) is 24.5. The average Bonchev–Trinajstić information content (AvgIpc) is 3.95. The van der Waals surface area contributed by atoms with Crippen molar-refractivity contribution in [3.05, 3.63) is 152 Å². The van der Waals surface area contributed by atoms with E-state index in [0.717, 1.165) is 44.5 Å². The number of thiazole rings is 2. The van der Waals surface area contributed by atoms with E-state index in [9.17, 15) is 4.79 Å². The van der Waals surface area contributed by atoms with Crippen molar-refractivity contribution in [2.75, 3.05) is 10.6 Å². The van der Waals surface area contributed by atoms with Crippen molar-refractivity contribution in [2.45, 2.75) is 40.8 Å². The Morgan fingerprint density at radius 3 is 2.00 bits per heavy atom. The van der Waals surface area contributed by atoms with Gasteiger partial charge in [0.15, 0.2) is 10.3 Å². The second-order valence-electron chi connectivity index (χ2n) is 11.8. The van der Waals surface area contributed by atoms with E-state index >= 15 is 0 Å². The summed E-state index contributed by atoms with van der Waals surface area (Å²) in [6.07, 6.45) is 9.56. The van der Waals surface area contributed by atoms with Crippen LogP contribution in [-0.4, -0.2) is 35.7 Å². The third kappa shape index (κ3) is 8.51. The molecule has 8 rings (SSSR count). The molecular formula is C39H37ClN8OS2. The van der Waals surface area contributed by atoms with E-state index in [1.807, 2.05) is 24.4 Å². The summed E-state index contributed by atoms with van der Waals surface area (Å²) in [4.78, 5) is 38.0. The number of hydrogen-bond donors (Lipinski definition) is 4. The molecule has 0 spiro atoms. The number of rotatable bonds is 10. The van der Waals surface area contributed by atoms with Crippen molar-refractivity contribution >= 4 is 72.4 Å². The first kappa shape index (κ1) is 35.5. The standard InChI is InChI=1S/C19H17ClN4S.C19H16N4OS.CH4/c1-12-4-6-13(7-5-12)10-23-19-24-17(20)16(25-19)9-14-11-22-18-15(14)3-2-8-21-18;1-12-4-6-13(7-5-12)9-22-19-23-11-16(25-19)17(24)15-10-21-18-14(15)3-2-8-20-18;/h2-8,11H,9-10H2,1H3,(H,21,22)(H,23,24);2-8,10-11H,9H2,1H3,(H,20,21)(H,22,23);1H4. The van der Waals surface area contributed by atoms with Crippen LogP contribution in [0, 0.1) is 13.8 Å². The van der Waals surface area contributed by atoms with Gasteiger partial charge >= 0.3 is 0 Å². The van der Waals surface area contributed by atoms with E-state index in [-0.39, 0.29) is 13.2 Å². The zero-order valence-corrected chi connectivity index (χ0v) is 29.7. The maximum Gasteiger partial charge on any atom is 0.206 e. The van der Waals surface area contributed by atoms with E-state index < -0.39 is 0 Å². The third-order valence-corrected chi connectivity index (χ3v) is 10.5. The summed E-state index contributed by atoms with van der Waals surface area (Å²) in [5.41, 5.74) is 8.31. The number of H-pyrrole nitrogens is 2. The van der Waals surface area contributed by atoms with Gasteiger partial charge in [0.05, 0.1) is 21.5 Å². The largest absolute Gasteiger partial charge is 0.357 e. The van der Waals surface area contributed by atoms with Crippen LogP contribution in [0.3, 0.4) is 0 Å². The van der Waals surface area contributed by atoms with Crippen LogP contribution in [0.25, 0.3) is 22.1 Å². The quantitative estimate of drug-likeness (QED) is 0.103. The minimum atomic E-state index is -0.0415. The molecule has 12 heteroatoms. The van der Waals surface area contributed by atoms with Crippen LogP contribution in [0.5, 0.6) is 0 Å². The van der Waals surface area contributed by atoms with Gasteiger partial charge in [-0.05, 0) is 54.8 Å². The molecule has 0 unspecified atom stereocenters. The van der Waals surface area contributed by atoms with Gasteiger partial charge in [-0.2, -0.15) is 0 Å². The highest BCUT2D eigenvalue weighted by Gasteiger charge is 2.17. The molecule has 4 N–H and O–H groups in total. The molecule has 6 heterocycles. The van der Waals surface area contributed by atoms with Gasteiger partial charge in [0.1, 0.15) is 16.4 Å². The number of aromatic amines is 2. The maximum atomic E-state index is 12.7. The van der Waals surface area contributed by atoms with Gasteiger partial charge in [0, 0.05) is 55.1 Å².